The molecule has 0 bridgehead atoms. The molecule has 3 nitrogen and oxygen atoms in total. The monoisotopic (exact) mass is 294 g/mol. The third kappa shape index (κ3) is 20.4. The van der Waals surface area contributed by atoms with Crippen LogP contribution in [0.2, 0.25) is 0 Å². The Balaban J connectivity index is 0. The average molecular weight is 295 g/mol. The summed E-state index contributed by atoms with van der Waals surface area (Å²) in [4.78, 5) is 0. The van der Waals surface area contributed by atoms with E-state index in [2.05, 4.69) is 13.8 Å². The summed E-state index contributed by atoms with van der Waals surface area (Å²) in [5, 5.41) is 7.88. The van der Waals surface area contributed by atoms with Crippen molar-refractivity contribution in [2.45, 2.75) is 78.6 Å². The highest BCUT2D eigenvalue weighted by atomic mass is 32.2. The van der Waals surface area contributed by atoms with E-state index in [1.807, 2.05) is 6.92 Å². The quantitative estimate of drug-likeness (QED) is 0.587. The number of hydrogen-bond donors (Lipinski definition) is 1. The van der Waals surface area contributed by atoms with E-state index in [1.54, 1.807) is 0 Å². The zero-order valence-corrected chi connectivity index (χ0v) is 14.0. The fourth-order valence-electron chi connectivity index (χ4n) is 1.60. The second-order valence-electron chi connectivity index (χ2n) is 5.00. The zero-order chi connectivity index (χ0) is 15.0. The predicted molar refractivity (Wildman–Crippen MR) is 84.3 cm³/mol. The van der Waals surface area contributed by atoms with Gasteiger partial charge in [-0.05, 0) is 19.3 Å². The number of hydrogen-bond acceptors (Lipinski definition) is 3. The first-order valence-corrected chi connectivity index (χ1v) is 9.67. The maximum absolute atomic E-state index is 11.6. The standard InChI is InChI=1S/C12H26O2S.C3H8O/c1-3-5-7-9-11-15(13,14)12-10-8-6-4-2;1-2-3-4/h3-12H2,1-2H3;4H,2-3H2,1H3. The third-order valence-corrected chi connectivity index (χ3v) is 4.66. The van der Waals surface area contributed by atoms with Gasteiger partial charge in [-0.1, -0.05) is 59.3 Å². The van der Waals surface area contributed by atoms with E-state index in [4.69, 9.17) is 5.11 Å². The maximum Gasteiger partial charge on any atom is 0.150 e. The Labute approximate surface area is 120 Å². The summed E-state index contributed by atoms with van der Waals surface area (Å²) in [5.41, 5.74) is 0. The van der Waals surface area contributed by atoms with E-state index >= 15 is 0 Å². The van der Waals surface area contributed by atoms with Gasteiger partial charge in [-0.15, -0.1) is 0 Å². The molecular formula is C15H34O3S. The lowest BCUT2D eigenvalue weighted by molar-refractivity contribution is 0.295. The molecule has 0 aromatic rings. The molecule has 4 heteroatoms. The van der Waals surface area contributed by atoms with E-state index in [9.17, 15) is 8.42 Å². The topological polar surface area (TPSA) is 54.4 Å². The van der Waals surface area contributed by atoms with Crippen molar-refractivity contribution in [3.05, 3.63) is 0 Å². The molecule has 0 rings (SSSR count). The second-order valence-corrected chi connectivity index (χ2v) is 7.30. The summed E-state index contributed by atoms with van der Waals surface area (Å²) in [6, 6.07) is 0. The molecule has 1 N–H and O–H groups in total. The minimum atomic E-state index is -2.74. The molecule has 0 saturated carbocycles. The maximum atomic E-state index is 11.6. The van der Waals surface area contributed by atoms with E-state index in [0.717, 1.165) is 57.8 Å². The van der Waals surface area contributed by atoms with E-state index < -0.39 is 9.84 Å². The smallest absolute Gasteiger partial charge is 0.150 e. The number of rotatable bonds is 11. The molecule has 0 aromatic carbocycles. The predicted octanol–water partition coefficient (Wildman–Crippen LogP) is 3.95. The van der Waals surface area contributed by atoms with Crippen LogP contribution in [0.1, 0.15) is 78.6 Å². The van der Waals surface area contributed by atoms with Crippen molar-refractivity contribution in [1.29, 1.82) is 0 Å². The molecule has 0 aliphatic rings. The molecule has 0 amide bonds. The molecule has 19 heavy (non-hydrogen) atoms. The van der Waals surface area contributed by atoms with Crippen LogP contribution in [0.3, 0.4) is 0 Å². The second kappa shape index (κ2) is 16.0. The summed E-state index contributed by atoms with van der Waals surface area (Å²) in [5.74, 6) is 0.804. The van der Waals surface area contributed by atoms with Crippen LogP contribution in [-0.4, -0.2) is 31.6 Å². The van der Waals surface area contributed by atoms with E-state index in [1.165, 1.54) is 0 Å². The van der Waals surface area contributed by atoms with Gasteiger partial charge in [0.2, 0.25) is 0 Å². The van der Waals surface area contributed by atoms with Crippen molar-refractivity contribution in [3.63, 3.8) is 0 Å². The van der Waals surface area contributed by atoms with Gasteiger partial charge in [0.25, 0.3) is 0 Å². The Hall–Kier alpha value is -0.0900. The Kier molecular flexibility index (Phi) is 17.8. The number of unbranched alkanes of at least 4 members (excludes halogenated alkanes) is 6. The molecule has 0 aliphatic heterocycles. The normalized spacial score (nSPS) is 10.9. The van der Waals surface area contributed by atoms with Crippen LogP contribution >= 0.6 is 0 Å². The minimum Gasteiger partial charge on any atom is -0.396 e. The molecule has 0 saturated heterocycles. The van der Waals surface area contributed by atoms with Crippen LogP contribution in [0.5, 0.6) is 0 Å². The van der Waals surface area contributed by atoms with Gasteiger partial charge in [0.1, 0.15) is 9.84 Å². The summed E-state index contributed by atoms with van der Waals surface area (Å²) >= 11 is 0. The highest BCUT2D eigenvalue weighted by Gasteiger charge is 2.09. The lowest BCUT2D eigenvalue weighted by Crippen LogP contribution is -2.11. The van der Waals surface area contributed by atoms with Crippen LogP contribution < -0.4 is 0 Å². The highest BCUT2D eigenvalue weighted by molar-refractivity contribution is 7.91. The SMILES string of the molecule is CCCCCCS(=O)(=O)CCCCCC.CCCO. The lowest BCUT2D eigenvalue weighted by Gasteiger charge is -2.03. The Bertz CT molecular complexity index is 228. The molecule has 0 heterocycles. The lowest BCUT2D eigenvalue weighted by atomic mass is 10.2. The summed E-state index contributed by atoms with van der Waals surface area (Å²) in [6.45, 7) is 6.53. The molecule has 0 fully saturated rings. The number of aliphatic hydroxyl groups is 1. The van der Waals surface area contributed by atoms with E-state index in [-0.39, 0.29) is 0 Å². The van der Waals surface area contributed by atoms with Crippen LogP contribution in [0.15, 0.2) is 0 Å². The van der Waals surface area contributed by atoms with Gasteiger partial charge in [0.15, 0.2) is 0 Å². The number of sulfone groups is 1. The summed E-state index contributed by atoms with van der Waals surface area (Å²) in [7, 11) is -2.74. The largest absolute Gasteiger partial charge is 0.396 e. The van der Waals surface area contributed by atoms with Crippen molar-refractivity contribution in [3.8, 4) is 0 Å². The molecule has 0 unspecified atom stereocenters. The first-order valence-electron chi connectivity index (χ1n) is 7.85. The Morgan fingerprint density at radius 1 is 0.684 bits per heavy atom. The first kappa shape index (κ1) is 21.2. The zero-order valence-electron chi connectivity index (χ0n) is 13.2. The number of aliphatic hydroxyl groups excluding tert-OH is 1. The molecule has 0 atom stereocenters. The van der Waals surface area contributed by atoms with Crippen molar-refractivity contribution in [2.75, 3.05) is 18.1 Å². The van der Waals surface area contributed by atoms with Crippen LogP contribution in [-0.2, 0) is 9.84 Å². The van der Waals surface area contributed by atoms with Crippen molar-refractivity contribution in [2.24, 2.45) is 0 Å². The molecule has 0 aromatic heterocycles. The van der Waals surface area contributed by atoms with Gasteiger partial charge in [-0.25, -0.2) is 8.42 Å². The van der Waals surface area contributed by atoms with Crippen LogP contribution in [0, 0.1) is 0 Å². The molecule has 0 radical (unpaired) electrons. The molecule has 0 spiro atoms. The Morgan fingerprint density at radius 2 is 1.05 bits per heavy atom. The van der Waals surface area contributed by atoms with Crippen molar-refractivity contribution in [1.82, 2.24) is 0 Å². The highest BCUT2D eigenvalue weighted by Crippen LogP contribution is 2.06. The van der Waals surface area contributed by atoms with Crippen LogP contribution in [0.4, 0.5) is 0 Å². The van der Waals surface area contributed by atoms with E-state index in [0.29, 0.717) is 18.1 Å². The fraction of sp³-hybridized carbons (Fsp3) is 1.00. The molecule has 0 aliphatic carbocycles. The summed E-state index contributed by atoms with van der Waals surface area (Å²) in [6.07, 6.45) is 9.34. The van der Waals surface area contributed by atoms with Gasteiger partial charge >= 0.3 is 0 Å². The fourth-order valence-corrected chi connectivity index (χ4v) is 3.09. The first-order chi connectivity index (χ1) is 9.04. The Morgan fingerprint density at radius 3 is 1.32 bits per heavy atom. The van der Waals surface area contributed by atoms with Gasteiger partial charge in [0, 0.05) is 6.61 Å². The van der Waals surface area contributed by atoms with Crippen LogP contribution in [0.25, 0.3) is 0 Å². The molecular weight excluding hydrogens is 260 g/mol. The van der Waals surface area contributed by atoms with Gasteiger partial charge in [-0.3, -0.25) is 0 Å². The van der Waals surface area contributed by atoms with Crippen molar-refractivity contribution < 1.29 is 13.5 Å². The average Bonchev–Trinajstić information content (AvgIpc) is 2.40. The third-order valence-electron chi connectivity index (χ3n) is 2.84. The summed E-state index contributed by atoms with van der Waals surface area (Å²) < 4.78 is 23.1. The van der Waals surface area contributed by atoms with Gasteiger partial charge in [0.05, 0.1) is 11.5 Å². The molecule has 118 valence electrons. The van der Waals surface area contributed by atoms with Gasteiger partial charge < -0.3 is 5.11 Å². The van der Waals surface area contributed by atoms with Gasteiger partial charge in [-0.2, -0.15) is 0 Å². The minimum absolute atomic E-state index is 0.319. The van der Waals surface area contributed by atoms with Crippen molar-refractivity contribution >= 4 is 9.84 Å².